The van der Waals surface area contributed by atoms with E-state index in [-0.39, 0.29) is 23.9 Å². The van der Waals surface area contributed by atoms with Gasteiger partial charge in [0.15, 0.2) is 0 Å². The molecule has 0 radical (unpaired) electrons. The van der Waals surface area contributed by atoms with Crippen molar-refractivity contribution in [1.82, 2.24) is 0 Å². The summed E-state index contributed by atoms with van der Waals surface area (Å²) in [4.78, 5) is 11.3. The van der Waals surface area contributed by atoms with Crippen LogP contribution in [0.3, 0.4) is 0 Å². The molecule has 0 aliphatic heterocycles. The fourth-order valence-corrected chi connectivity index (χ4v) is 1.22. The van der Waals surface area contributed by atoms with E-state index in [4.69, 9.17) is 9.84 Å². The molecule has 78 valence electrons. The van der Waals surface area contributed by atoms with Crippen LogP contribution in [0.2, 0.25) is 0 Å². The molecule has 0 amide bonds. The number of carbonyl (C=O) groups excluding carboxylic acids is 1. The van der Waals surface area contributed by atoms with Gasteiger partial charge in [-0.05, 0) is 18.8 Å². The molecule has 0 aromatic carbocycles. The van der Waals surface area contributed by atoms with E-state index in [0.717, 1.165) is 0 Å². The SMILES string of the molecule is CCOC(=O)C(CO)CC(C)(C)C. The summed E-state index contributed by atoms with van der Waals surface area (Å²) < 4.78 is 4.84. The fraction of sp³-hybridized carbons (Fsp3) is 0.900. The topological polar surface area (TPSA) is 46.5 Å². The Morgan fingerprint density at radius 3 is 2.31 bits per heavy atom. The molecule has 0 spiro atoms. The van der Waals surface area contributed by atoms with Gasteiger partial charge >= 0.3 is 5.97 Å². The highest BCUT2D eigenvalue weighted by Gasteiger charge is 2.24. The second-order valence-corrected chi connectivity index (χ2v) is 4.40. The highest BCUT2D eigenvalue weighted by atomic mass is 16.5. The summed E-state index contributed by atoms with van der Waals surface area (Å²) >= 11 is 0. The molecule has 3 heteroatoms. The van der Waals surface area contributed by atoms with Crippen molar-refractivity contribution in [3.8, 4) is 0 Å². The predicted molar refractivity (Wildman–Crippen MR) is 51.3 cm³/mol. The highest BCUT2D eigenvalue weighted by Crippen LogP contribution is 2.24. The lowest BCUT2D eigenvalue weighted by Gasteiger charge is -2.23. The van der Waals surface area contributed by atoms with Crippen molar-refractivity contribution in [3.05, 3.63) is 0 Å². The first kappa shape index (κ1) is 12.4. The first-order valence-corrected chi connectivity index (χ1v) is 4.68. The molecule has 0 heterocycles. The van der Waals surface area contributed by atoms with Crippen LogP contribution in [0.5, 0.6) is 0 Å². The van der Waals surface area contributed by atoms with E-state index in [1.165, 1.54) is 0 Å². The summed E-state index contributed by atoms with van der Waals surface area (Å²) in [6.07, 6.45) is 0.655. The molecule has 3 nitrogen and oxygen atoms in total. The fourth-order valence-electron chi connectivity index (χ4n) is 1.22. The van der Waals surface area contributed by atoms with Gasteiger partial charge in [0.05, 0.1) is 19.1 Å². The maximum Gasteiger partial charge on any atom is 0.311 e. The first-order valence-electron chi connectivity index (χ1n) is 4.68. The zero-order chi connectivity index (χ0) is 10.5. The maximum absolute atomic E-state index is 11.3. The molecule has 0 fully saturated rings. The highest BCUT2D eigenvalue weighted by molar-refractivity contribution is 5.72. The molecule has 0 aliphatic carbocycles. The monoisotopic (exact) mass is 188 g/mol. The van der Waals surface area contributed by atoms with Gasteiger partial charge in [-0.1, -0.05) is 20.8 Å². The number of esters is 1. The zero-order valence-electron chi connectivity index (χ0n) is 8.96. The number of hydrogen-bond acceptors (Lipinski definition) is 3. The third-order valence-corrected chi connectivity index (χ3v) is 1.70. The summed E-state index contributed by atoms with van der Waals surface area (Å²) in [5.41, 5.74) is 0.0418. The molecule has 0 saturated carbocycles. The predicted octanol–water partition coefficient (Wildman–Crippen LogP) is 1.59. The molecule has 1 atom stereocenters. The Morgan fingerprint density at radius 1 is 1.46 bits per heavy atom. The zero-order valence-corrected chi connectivity index (χ0v) is 8.96. The standard InChI is InChI=1S/C10H20O3/c1-5-13-9(12)8(7-11)6-10(2,3)4/h8,11H,5-7H2,1-4H3. The molecular formula is C10H20O3. The number of aliphatic hydroxyl groups excluding tert-OH is 1. The number of rotatable bonds is 4. The van der Waals surface area contributed by atoms with E-state index < -0.39 is 0 Å². The van der Waals surface area contributed by atoms with Crippen molar-refractivity contribution in [2.75, 3.05) is 13.2 Å². The molecule has 1 unspecified atom stereocenters. The molecule has 0 bridgehead atoms. The van der Waals surface area contributed by atoms with E-state index in [2.05, 4.69) is 0 Å². The van der Waals surface area contributed by atoms with Crippen LogP contribution in [0.15, 0.2) is 0 Å². The molecule has 1 N–H and O–H groups in total. The number of hydrogen-bond donors (Lipinski definition) is 1. The van der Waals surface area contributed by atoms with Crippen LogP contribution in [-0.2, 0) is 9.53 Å². The minimum atomic E-state index is -0.375. The lowest BCUT2D eigenvalue weighted by molar-refractivity contribution is -0.150. The van der Waals surface area contributed by atoms with Crippen LogP contribution in [0.4, 0.5) is 0 Å². The van der Waals surface area contributed by atoms with Crippen LogP contribution < -0.4 is 0 Å². The molecule has 0 aliphatic rings. The van der Waals surface area contributed by atoms with Gasteiger partial charge < -0.3 is 9.84 Å². The van der Waals surface area contributed by atoms with Gasteiger partial charge in [-0.15, -0.1) is 0 Å². The second kappa shape index (κ2) is 5.22. The molecule has 0 aromatic heterocycles. The largest absolute Gasteiger partial charge is 0.466 e. The third kappa shape index (κ3) is 5.64. The quantitative estimate of drug-likeness (QED) is 0.681. The smallest absolute Gasteiger partial charge is 0.311 e. The van der Waals surface area contributed by atoms with Crippen molar-refractivity contribution < 1.29 is 14.6 Å². The van der Waals surface area contributed by atoms with E-state index in [9.17, 15) is 4.79 Å². The lowest BCUT2D eigenvalue weighted by Crippen LogP contribution is -2.26. The molecule has 0 saturated heterocycles. The minimum Gasteiger partial charge on any atom is -0.466 e. The summed E-state index contributed by atoms with van der Waals surface area (Å²) in [5, 5.41) is 8.99. The Bertz CT molecular complexity index is 158. The minimum absolute atomic E-state index is 0.0418. The summed E-state index contributed by atoms with van der Waals surface area (Å²) in [6, 6.07) is 0. The molecule has 0 rings (SSSR count). The average Bonchev–Trinajstić information content (AvgIpc) is 1.99. The van der Waals surface area contributed by atoms with Gasteiger partial charge in [0.2, 0.25) is 0 Å². The van der Waals surface area contributed by atoms with Crippen molar-refractivity contribution in [3.63, 3.8) is 0 Å². The van der Waals surface area contributed by atoms with Crippen molar-refractivity contribution in [1.29, 1.82) is 0 Å². The summed E-state index contributed by atoms with van der Waals surface area (Å²) in [7, 11) is 0. The van der Waals surface area contributed by atoms with Crippen LogP contribution in [0.1, 0.15) is 34.1 Å². The Labute approximate surface area is 80.1 Å². The maximum atomic E-state index is 11.3. The Kier molecular flexibility index (Phi) is 4.99. The van der Waals surface area contributed by atoms with Crippen LogP contribution in [0.25, 0.3) is 0 Å². The Balaban J connectivity index is 4.10. The Morgan fingerprint density at radius 2 is 2.00 bits per heavy atom. The first-order chi connectivity index (χ1) is 5.90. The molecular weight excluding hydrogens is 168 g/mol. The Hall–Kier alpha value is -0.570. The molecule has 13 heavy (non-hydrogen) atoms. The third-order valence-electron chi connectivity index (χ3n) is 1.70. The summed E-state index contributed by atoms with van der Waals surface area (Å²) in [5.74, 6) is -0.667. The van der Waals surface area contributed by atoms with E-state index in [1.807, 2.05) is 20.8 Å². The average molecular weight is 188 g/mol. The number of aliphatic hydroxyl groups is 1. The van der Waals surface area contributed by atoms with Crippen molar-refractivity contribution in [2.45, 2.75) is 34.1 Å². The van der Waals surface area contributed by atoms with Crippen LogP contribution in [0, 0.1) is 11.3 Å². The second-order valence-electron chi connectivity index (χ2n) is 4.40. The van der Waals surface area contributed by atoms with Crippen molar-refractivity contribution >= 4 is 5.97 Å². The normalized spacial score (nSPS) is 13.9. The van der Waals surface area contributed by atoms with E-state index in [1.54, 1.807) is 6.92 Å². The van der Waals surface area contributed by atoms with Crippen LogP contribution >= 0.6 is 0 Å². The van der Waals surface area contributed by atoms with Crippen molar-refractivity contribution in [2.24, 2.45) is 11.3 Å². The van der Waals surface area contributed by atoms with Gasteiger partial charge in [0.1, 0.15) is 0 Å². The number of ether oxygens (including phenoxy) is 1. The lowest BCUT2D eigenvalue weighted by atomic mass is 9.85. The van der Waals surface area contributed by atoms with Gasteiger partial charge in [-0.25, -0.2) is 0 Å². The van der Waals surface area contributed by atoms with Gasteiger partial charge in [-0.2, -0.15) is 0 Å². The van der Waals surface area contributed by atoms with E-state index >= 15 is 0 Å². The van der Waals surface area contributed by atoms with Gasteiger partial charge in [-0.3, -0.25) is 4.79 Å². The summed E-state index contributed by atoms with van der Waals surface area (Å²) in [6.45, 7) is 8.12. The van der Waals surface area contributed by atoms with Gasteiger partial charge in [0.25, 0.3) is 0 Å². The van der Waals surface area contributed by atoms with Crippen LogP contribution in [-0.4, -0.2) is 24.3 Å². The van der Waals surface area contributed by atoms with E-state index in [0.29, 0.717) is 13.0 Å². The number of carbonyl (C=O) groups is 1. The molecule has 0 aromatic rings. The van der Waals surface area contributed by atoms with Gasteiger partial charge in [0, 0.05) is 0 Å².